The van der Waals surface area contributed by atoms with E-state index < -0.39 is 17.6 Å². The predicted molar refractivity (Wildman–Crippen MR) is 158 cm³/mol. The Morgan fingerprint density at radius 2 is 1.66 bits per heavy atom. The molecule has 0 aliphatic carbocycles. The summed E-state index contributed by atoms with van der Waals surface area (Å²) in [6.07, 6.45) is 1.43. The van der Waals surface area contributed by atoms with Gasteiger partial charge < -0.3 is 14.2 Å². The van der Waals surface area contributed by atoms with Crippen LogP contribution in [0.2, 0.25) is 5.02 Å². The standard InChI is InChI=1S/C31H22ClFN2O5S/c1-38-28-17-19(10-15-27(28)39-18-24-25(32)8-5-9-26(24)33)16-23-29(36)34-31(41)35(30(23)37)20-11-13-22(14-12-20)40-21-6-3-2-4-7-21/h2-17H,18H2,1H3,(H,34,36,41)/b23-16+. The minimum Gasteiger partial charge on any atom is -0.493 e. The van der Waals surface area contributed by atoms with Crippen molar-refractivity contribution in [2.75, 3.05) is 12.0 Å². The molecule has 0 bridgehead atoms. The van der Waals surface area contributed by atoms with Crippen molar-refractivity contribution in [3.63, 3.8) is 0 Å². The molecule has 41 heavy (non-hydrogen) atoms. The fourth-order valence-corrected chi connectivity index (χ4v) is 4.56. The molecule has 7 nitrogen and oxygen atoms in total. The molecule has 4 aromatic carbocycles. The van der Waals surface area contributed by atoms with Gasteiger partial charge in [-0.2, -0.15) is 0 Å². The van der Waals surface area contributed by atoms with Gasteiger partial charge in [0.25, 0.3) is 11.8 Å². The number of hydrogen-bond donors (Lipinski definition) is 1. The van der Waals surface area contributed by atoms with Crippen LogP contribution in [0.3, 0.4) is 0 Å². The summed E-state index contributed by atoms with van der Waals surface area (Å²) in [7, 11) is 1.44. The van der Waals surface area contributed by atoms with E-state index in [0.29, 0.717) is 34.2 Å². The summed E-state index contributed by atoms with van der Waals surface area (Å²) < 4.78 is 31.1. The molecule has 4 aromatic rings. The molecule has 10 heteroatoms. The Bertz CT molecular complexity index is 1640. The maximum absolute atomic E-state index is 14.1. The first kappa shape index (κ1) is 27.8. The number of carbonyl (C=O) groups excluding carboxylic acids is 2. The first-order valence-electron chi connectivity index (χ1n) is 12.3. The molecule has 0 saturated carbocycles. The highest BCUT2D eigenvalue weighted by atomic mass is 35.5. The Morgan fingerprint density at radius 3 is 2.37 bits per heavy atom. The van der Waals surface area contributed by atoms with E-state index in [4.69, 9.17) is 38.0 Å². The zero-order valence-electron chi connectivity index (χ0n) is 21.6. The number of halogens is 2. The number of benzene rings is 4. The third-order valence-corrected chi connectivity index (χ3v) is 6.75. The summed E-state index contributed by atoms with van der Waals surface area (Å²) in [6, 6.07) is 25.2. The van der Waals surface area contributed by atoms with E-state index in [1.807, 2.05) is 30.3 Å². The van der Waals surface area contributed by atoms with Gasteiger partial charge >= 0.3 is 0 Å². The Labute approximate surface area is 245 Å². The van der Waals surface area contributed by atoms with E-state index in [1.165, 1.54) is 30.2 Å². The van der Waals surface area contributed by atoms with Crippen LogP contribution in [-0.4, -0.2) is 24.0 Å². The van der Waals surface area contributed by atoms with Crippen molar-refractivity contribution in [1.82, 2.24) is 5.32 Å². The summed E-state index contributed by atoms with van der Waals surface area (Å²) in [6.45, 7) is -0.120. The van der Waals surface area contributed by atoms with Gasteiger partial charge in [0, 0.05) is 5.56 Å². The van der Waals surface area contributed by atoms with Gasteiger partial charge in [-0.15, -0.1) is 0 Å². The molecule has 206 valence electrons. The van der Waals surface area contributed by atoms with Crippen LogP contribution in [0, 0.1) is 5.82 Å². The largest absolute Gasteiger partial charge is 0.493 e. The number of thiocarbonyl (C=S) groups is 1. The molecule has 1 aliphatic rings. The van der Waals surface area contributed by atoms with Gasteiger partial charge in [-0.05, 0) is 84.5 Å². The Morgan fingerprint density at radius 1 is 0.927 bits per heavy atom. The zero-order valence-corrected chi connectivity index (χ0v) is 23.2. The SMILES string of the molecule is COc1cc(/C=C2\C(=O)NC(=S)N(c3ccc(Oc4ccccc4)cc3)C2=O)ccc1OCc1c(F)cccc1Cl. The van der Waals surface area contributed by atoms with Crippen molar-refractivity contribution < 1.29 is 28.2 Å². The number of carbonyl (C=O) groups is 2. The van der Waals surface area contributed by atoms with Crippen molar-refractivity contribution in [1.29, 1.82) is 0 Å². The van der Waals surface area contributed by atoms with Gasteiger partial charge in [-0.3, -0.25) is 19.8 Å². The Kier molecular flexibility index (Phi) is 8.28. The van der Waals surface area contributed by atoms with Crippen molar-refractivity contribution in [3.05, 3.63) is 119 Å². The van der Waals surface area contributed by atoms with Crippen molar-refractivity contribution >= 4 is 52.5 Å². The molecule has 1 aliphatic heterocycles. The number of ether oxygens (including phenoxy) is 3. The lowest BCUT2D eigenvalue weighted by atomic mass is 10.1. The molecule has 5 rings (SSSR count). The number of anilines is 1. The van der Waals surface area contributed by atoms with Crippen LogP contribution in [-0.2, 0) is 16.2 Å². The van der Waals surface area contributed by atoms with Crippen molar-refractivity contribution in [3.8, 4) is 23.0 Å². The van der Waals surface area contributed by atoms with Crippen LogP contribution in [0.1, 0.15) is 11.1 Å². The number of para-hydroxylation sites is 1. The van der Waals surface area contributed by atoms with E-state index >= 15 is 0 Å². The number of nitrogens with one attached hydrogen (secondary N) is 1. The maximum atomic E-state index is 14.1. The topological polar surface area (TPSA) is 77.1 Å². The minimum absolute atomic E-state index is 0.0398. The third kappa shape index (κ3) is 6.21. The van der Waals surface area contributed by atoms with Crippen LogP contribution >= 0.6 is 23.8 Å². The fraction of sp³-hybridized carbons (Fsp3) is 0.0645. The summed E-state index contributed by atoms with van der Waals surface area (Å²) in [5, 5.41) is 2.77. The Balaban J connectivity index is 1.36. The molecule has 1 heterocycles. The molecule has 0 aromatic heterocycles. The number of amides is 2. The van der Waals surface area contributed by atoms with Gasteiger partial charge in [0.05, 0.1) is 17.8 Å². The lowest BCUT2D eigenvalue weighted by Gasteiger charge is -2.29. The molecule has 2 amide bonds. The van der Waals surface area contributed by atoms with Gasteiger partial charge in [0.15, 0.2) is 16.6 Å². The molecule has 0 spiro atoms. The van der Waals surface area contributed by atoms with Gasteiger partial charge in [0.2, 0.25) is 0 Å². The zero-order chi connectivity index (χ0) is 28.9. The maximum Gasteiger partial charge on any atom is 0.270 e. The molecule has 1 saturated heterocycles. The quantitative estimate of drug-likeness (QED) is 0.140. The summed E-state index contributed by atoms with van der Waals surface area (Å²) >= 11 is 11.4. The average Bonchev–Trinajstić information content (AvgIpc) is 2.96. The second-order valence-corrected chi connectivity index (χ2v) is 9.56. The lowest BCUT2D eigenvalue weighted by Crippen LogP contribution is -2.54. The van der Waals surface area contributed by atoms with Crippen LogP contribution in [0.25, 0.3) is 6.08 Å². The fourth-order valence-electron chi connectivity index (χ4n) is 4.06. The normalized spacial score (nSPS) is 14.2. The first-order chi connectivity index (χ1) is 19.8. The van der Waals surface area contributed by atoms with Crippen LogP contribution in [0.4, 0.5) is 10.1 Å². The van der Waals surface area contributed by atoms with Gasteiger partial charge in [-0.25, -0.2) is 4.39 Å². The van der Waals surface area contributed by atoms with Crippen LogP contribution < -0.4 is 24.4 Å². The van der Waals surface area contributed by atoms with E-state index in [-0.39, 0.29) is 27.9 Å². The molecule has 0 radical (unpaired) electrons. The second-order valence-electron chi connectivity index (χ2n) is 8.77. The van der Waals surface area contributed by atoms with Crippen LogP contribution in [0.15, 0.2) is 96.6 Å². The number of rotatable bonds is 8. The van der Waals surface area contributed by atoms with Gasteiger partial charge in [-0.1, -0.05) is 41.9 Å². The summed E-state index contributed by atoms with van der Waals surface area (Å²) in [5.74, 6) is 0.177. The molecular formula is C31H22ClFN2O5S. The van der Waals surface area contributed by atoms with Crippen molar-refractivity contribution in [2.45, 2.75) is 6.61 Å². The van der Waals surface area contributed by atoms with E-state index in [0.717, 1.165) is 0 Å². The number of methoxy groups -OCH3 is 1. The minimum atomic E-state index is -0.631. The summed E-state index contributed by atoms with van der Waals surface area (Å²) in [5.41, 5.74) is 1.04. The highest BCUT2D eigenvalue weighted by Gasteiger charge is 2.34. The third-order valence-electron chi connectivity index (χ3n) is 6.11. The first-order valence-corrected chi connectivity index (χ1v) is 13.1. The van der Waals surface area contributed by atoms with Crippen molar-refractivity contribution in [2.24, 2.45) is 0 Å². The molecular weight excluding hydrogens is 567 g/mol. The highest BCUT2D eigenvalue weighted by Crippen LogP contribution is 2.32. The molecule has 0 unspecified atom stereocenters. The predicted octanol–water partition coefficient (Wildman–Crippen LogP) is 6.69. The van der Waals surface area contributed by atoms with Gasteiger partial charge in [0.1, 0.15) is 29.5 Å². The lowest BCUT2D eigenvalue weighted by molar-refractivity contribution is -0.122. The van der Waals surface area contributed by atoms with E-state index in [2.05, 4.69) is 5.32 Å². The smallest absolute Gasteiger partial charge is 0.270 e. The number of hydrogen-bond acceptors (Lipinski definition) is 6. The second kappa shape index (κ2) is 12.2. The monoisotopic (exact) mass is 588 g/mol. The van der Waals surface area contributed by atoms with E-state index in [9.17, 15) is 14.0 Å². The Hall–Kier alpha value is -4.73. The molecule has 1 fully saturated rings. The summed E-state index contributed by atoms with van der Waals surface area (Å²) in [4.78, 5) is 27.4. The van der Waals surface area contributed by atoms with Crippen LogP contribution in [0.5, 0.6) is 23.0 Å². The van der Waals surface area contributed by atoms with E-state index in [1.54, 1.807) is 48.5 Å². The number of nitrogens with zero attached hydrogens (tertiary/aromatic N) is 1. The highest BCUT2D eigenvalue weighted by molar-refractivity contribution is 7.80. The molecule has 1 N–H and O–H groups in total. The average molecular weight is 589 g/mol. The molecule has 0 atom stereocenters.